The Morgan fingerprint density at radius 3 is 2.90 bits per heavy atom. The van der Waals surface area contributed by atoms with Crippen LogP contribution in [0.15, 0.2) is 21.9 Å². The van der Waals surface area contributed by atoms with Crippen molar-refractivity contribution >= 4 is 34.9 Å². The number of ketones is 1. The third kappa shape index (κ3) is 8.22. The van der Waals surface area contributed by atoms with E-state index in [1.807, 2.05) is 6.92 Å². The van der Waals surface area contributed by atoms with Gasteiger partial charge in [0.1, 0.15) is 5.78 Å². The van der Waals surface area contributed by atoms with Gasteiger partial charge in [-0.05, 0) is 38.5 Å². The first-order chi connectivity index (χ1) is 13.8. The smallest absolute Gasteiger partial charge is 0.355 e. The highest BCUT2D eigenvalue weighted by molar-refractivity contribution is 8.01. The molecule has 1 aromatic rings. The second-order valence-corrected chi connectivity index (χ2v) is 10.4. The van der Waals surface area contributed by atoms with Gasteiger partial charge >= 0.3 is 5.97 Å². The number of thiazole rings is 1. The van der Waals surface area contributed by atoms with Gasteiger partial charge in [-0.2, -0.15) is 0 Å². The van der Waals surface area contributed by atoms with Crippen LogP contribution in [-0.2, 0) is 4.79 Å². The molecule has 3 unspecified atom stereocenters. The summed E-state index contributed by atoms with van der Waals surface area (Å²) in [5.74, 6) is 0.321. The van der Waals surface area contributed by atoms with Crippen molar-refractivity contribution in [1.82, 2.24) is 4.98 Å². The average Bonchev–Trinajstić information content (AvgIpc) is 3.27. The zero-order valence-electron chi connectivity index (χ0n) is 17.4. The molecule has 2 N–H and O–H groups in total. The van der Waals surface area contributed by atoms with Gasteiger partial charge in [0.25, 0.3) is 0 Å². The first-order valence-corrected chi connectivity index (χ1v) is 12.4. The van der Waals surface area contributed by atoms with Crippen molar-refractivity contribution in [2.45, 2.75) is 81.6 Å². The monoisotopic (exact) mass is 439 g/mol. The third-order valence-corrected chi connectivity index (χ3v) is 7.58. The standard InChI is InChI=1S/C22H33NO4S2/c1-3-4-5-6-12-22(2,27)13-7-8-16-9-10-19(24)17(16)11-14-28-21-23-18(15-29-21)20(25)26/h7-8,15-17,27H,3-6,9-14H2,1-2H3,(H,25,26). The van der Waals surface area contributed by atoms with E-state index in [1.165, 1.54) is 42.4 Å². The van der Waals surface area contributed by atoms with Crippen LogP contribution >= 0.6 is 23.1 Å². The number of hydrogen-bond acceptors (Lipinski definition) is 6. The van der Waals surface area contributed by atoms with Crippen LogP contribution in [0.4, 0.5) is 0 Å². The summed E-state index contributed by atoms with van der Waals surface area (Å²) >= 11 is 2.85. The molecule has 1 aromatic heterocycles. The van der Waals surface area contributed by atoms with Crippen LogP contribution in [-0.4, -0.2) is 38.3 Å². The van der Waals surface area contributed by atoms with Gasteiger partial charge in [-0.25, -0.2) is 9.78 Å². The highest BCUT2D eigenvalue weighted by Gasteiger charge is 2.32. The number of aliphatic hydroxyl groups is 1. The number of carboxylic acids is 1. The van der Waals surface area contributed by atoms with Crippen molar-refractivity contribution in [2.75, 3.05) is 5.75 Å². The lowest BCUT2D eigenvalue weighted by atomic mass is 9.90. The molecule has 0 radical (unpaired) electrons. The molecule has 1 saturated carbocycles. The van der Waals surface area contributed by atoms with E-state index in [1.54, 1.807) is 5.38 Å². The molecule has 5 nitrogen and oxygen atoms in total. The summed E-state index contributed by atoms with van der Waals surface area (Å²) < 4.78 is 0.735. The summed E-state index contributed by atoms with van der Waals surface area (Å²) in [7, 11) is 0. The van der Waals surface area contributed by atoms with E-state index in [4.69, 9.17) is 5.11 Å². The SMILES string of the molecule is CCCCCCC(C)(O)CC=CC1CCC(=O)C1CCSc1nc(C(=O)O)cs1. The Bertz CT molecular complexity index is 699. The summed E-state index contributed by atoms with van der Waals surface area (Å²) in [6.45, 7) is 4.08. The lowest BCUT2D eigenvalue weighted by Crippen LogP contribution is -2.23. The van der Waals surface area contributed by atoms with E-state index in [0.29, 0.717) is 18.6 Å². The molecule has 0 saturated heterocycles. The second-order valence-electron chi connectivity index (χ2n) is 8.16. The number of rotatable bonds is 13. The van der Waals surface area contributed by atoms with Crippen LogP contribution < -0.4 is 0 Å². The minimum Gasteiger partial charge on any atom is -0.476 e. The Kier molecular flexibility index (Phi) is 9.86. The number of carbonyl (C=O) groups is 2. The Balaban J connectivity index is 1.78. The largest absolute Gasteiger partial charge is 0.476 e. The number of carbonyl (C=O) groups excluding carboxylic acids is 1. The molecule has 29 heavy (non-hydrogen) atoms. The molecule has 162 valence electrons. The van der Waals surface area contributed by atoms with Crippen molar-refractivity contribution in [2.24, 2.45) is 11.8 Å². The molecule has 1 heterocycles. The van der Waals surface area contributed by atoms with Crippen LogP contribution in [0.1, 0.15) is 82.1 Å². The van der Waals surface area contributed by atoms with Gasteiger partial charge < -0.3 is 10.2 Å². The third-order valence-electron chi connectivity index (χ3n) is 5.52. The lowest BCUT2D eigenvalue weighted by molar-refractivity contribution is -0.121. The molecule has 1 aliphatic carbocycles. The van der Waals surface area contributed by atoms with Crippen LogP contribution in [0.3, 0.4) is 0 Å². The molecule has 1 fully saturated rings. The molecular formula is C22H33NO4S2. The average molecular weight is 440 g/mol. The fourth-order valence-electron chi connectivity index (χ4n) is 3.77. The van der Waals surface area contributed by atoms with Gasteiger partial charge in [-0.1, -0.05) is 56.5 Å². The van der Waals surface area contributed by atoms with E-state index in [9.17, 15) is 14.7 Å². The second kappa shape index (κ2) is 11.9. The molecule has 7 heteroatoms. The number of hydrogen-bond donors (Lipinski definition) is 2. The van der Waals surface area contributed by atoms with E-state index in [2.05, 4.69) is 24.1 Å². The minimum atomic E-state index is -1.01. The van der Waals surface area contributed by atoms with Gasteiger partial charge in [0, 0.05) is 23.5 Å². The van der Waals surface area contributed by atoms with Crippen LogP contribution in [0.25, 0.3) is 0 Å². The molecule has 0 spiro atoms. The number of thioether (sulfide) groups is 1. The zero-order valence-corrected chi connectivity index (χ0v) is 19.1. The zero-order chi connectivity index (χ0) is 21.3. The van der Waals surface area contributed by atoms with Crippen molar-refractivity contribution in [3.05, 3.63) is 23.2 Å². The van der Waals surface area contributed by atoms with E-state index >= 15 is 0 Å². The highest BCUT2D eigenvalue weighted by Crippen LogP contribution is 2.35. The Hall–Kier alpha value is -1.18. The first-order valence-electron chi connectivity index (χ1n) is 10.6. The summed E-state index contributed by atoms with van der Waals surface area (Å²) in [6.07, 6.45) is 12.5. The molecule has 0 aliphatic heterocycles. The quantitative estimate of drug-likeness (QED) is 0.237. The Labute approximate surface area is 182 Å². The fourth-order valence-corrected chi connectivity index (χ4v) is 5.66. The molecule has 3 atom stereocenters. The molecule has 0 bridgehead atoms. The number of aromatic nitrogens is 1. The maximum Gasteiger partial charge on any atom is 0.355 e. The van der Waals surface area contributed by atoms with Gasteiger partial charge in [0.05, 0.1) is 5.60 Å². The summed E-state index contributed by atoms with van der Waals surface area (Å²) in [5, 5.41) is 21.0. The van der Waals surface area contributed by atoms with Crippen molar-refractivity contribution < 1.29 is 19.8 Å². The number of allylic oxidation sites excluding steroid dienone is 1. The van der Waals surface area contributed by atoms with Crippen molar-refractivity contribution in [3.63, 3.8) is 0 Å². The van der Waals surface area contributed by atoms with Gasteiger partial charge in [-0.15, -0.1) is 11.3 Å². The van der Waals surface area contributed by atoms with Crippen molar-refractivity contribution in [3.8, 4) is 0 Å². The predicted octanol–water partition coefficient (Wildman–Crippen LogP) is 5.59. The Morgan fingerprint density at radius 1 is 1.41 bits per heavy atom. The minimum absolute atomic E-state index is 0.0205. The molecule has 0 amide bonds. The molecular weight excluding hydrogens is 406 g/mol. The highest BCUT2D eigenvalue weighted by atomic mass is 32.2. The molecule has 0 aromatic carbocycles. The summed E-state index contributed by atoms with van der Waals surface area (Å²) in [4.78, 5) is 27.3. The number of aromatic carboxylic acids is 1. The first kappa shape index (κ1) is 24.1. The van der Waals surface area contributed by atoms with E-state index in [-0.39, 0.29) is 17.5 Å². The van der Waals surface area contributed by atoms with Gasteiger partial charge in [0.15, 0.2) is 10.0 Å². The predicted molar refractivity (Wildman–Crippen MR) is 119 cm³/mol. The topological polar surface area (TPSA) is 87.5 Å². The van der Waals surface area contributed by atoms with Crippen molar-refractivity contribution in [1.29, 1.82) is 0 Å². The number of carboxylic acid groups (broad SMARTS) is 1. The van der Waals surface area contributed by atoms with Gasteiger partial charge in [0.2, 0.25) is 0 Å². The summed E-state index contributed by atoms with van der Waals surface area (Å²) in [6, 6.07) is 0. The van der Waals surface area contributed by atoms with E-state index in [0.717, 1.165) is 35.8 Å². The number of unbranched alkanes of at least 4 members (excludes halogenated alkanes) is 3. The maximum atomic E-state index is 12.3. The molecule has 1 aliphatic rings. The number of nitrogens with zero attached hydrogens (tertiary/aromatic N) is 1. The van der Waals surface area contributed by atoms with E-state index < -0.39 is 11.6 Å². The number of Topliss-reactive ketones (excluding diaryl/α,β-unsaturated/α-hetero) is 1. The summed E-state index contributed by atoms with van der Waals surface area (Å²) in [5.41, 5.74) is -0.595. The Morgan fingerprint density at radius 2 is 2.21 bits per heavy atom. The maximum absolute atomic E-state index is 12.3. The van der Waals surface area contributed by atoms with Crippen LogP contribution in [0.5, 0.6) is 0 Å². The normalized spacial score (nSPS) is 21.7. The van der Waals surface area contributed by atoms with Gasteiger partial charge in [-0.3, -0.25) is 4.79 Å². The van der Waals surface area contributed by atoms with Crippen LogP contribution in [0, 0.1) is 11.8 Å². The molecule has 2 rings (SSSR count). The van der Waals surface area contributed by atoms with Crippen LogP contribution in [0.2, 0.25) is 0 Å². The lowest BCUT2D eigenvalue weighted by Gasteiger charge is -2.22. The fraction of sp³-hybridized carbons (Fsp3) is 0.682.